The lowest BCUT2D eigenvalue weighted by Crippen LogP contribution is -2.15. The highest BCUT2D eigenvalue weighted by Gasteiger charge is 2.09. The van der Waals surface area contributed by atoms with E-state index in [1.165, 1.54) is 5.57 Å². The first-order valence-corrected chi connectivity index (χ1v) is 7.01. The summed E-state index contributed by atoms with van der Waals surface area (Å²) in [6.45, 7) is 6.16. The normalized spacial score (nSPS) is 11.9. The molecule has 1 aromatic rings. The van der Waals surface area contributed by atoms with Gasteiger partial charge in [-0.1, -0.05) is 42.4 Å². The van der Waals surface area contributed by atoms with Gasteiger partial charge in [0.2, 0.25) is 0 Å². The number of halogens is 1. The Kier molecular flexibility index (Phi) is 5.95. The minimum Gasteiger partial charge on any atom is -0.354 e. The maximum atomic E-state index is 6.13. The molecular formula is C12H20ClN3S. The molecule has 0 amide bonds. The van der Waals surface area contributed by atoms with E-state index in [2.05, 4.69) is 30.2 Å². The lowest BCUT2D eigenvalue weighted by atomic mass is 10.2. The number of nitrogens with one attached hydrogen (secondary N) is 1. The largest absolute Gasteiger partial charge is 0.354 e. The predicted octanol–water partition coefficient (Wildman–Crippen LogP) is 3.27. The number of anilines is 1. The van der Waals surface area contributed by atoms with Crippen molar-refractivity contribution in [2.75, 3.05) is 32.1 Å². The molecule has 1 aromatic heterocycles. The van der Waals surface area contributed by atoms with E-state index in [1.54, 1.807) is 11.3 Å². The first-order chi connectivity index (χ1) is 8.08. The average Bonchev–Trinajstić information content (AvgIpc) is 2.66. The lowest BCUT2D eigenvalue weighted by Gasteiger charge is -2.05. The summed E-state index contributed by atoms with van der Waals surface area (Å²) in [5.74, 6) is 0. The molecule has 0 aromatic carbocycles. The van der Waals surface area contributed by atoms with Gasteiger partial charge in [-0.05, 0) is 19.0 Å². The number of rotatable bonds is 6. The van der Waals surface area contributed by atoms with E-state index in [1.807, 2.05) is 19.0 Å². The van der Waals surface area contributed by atoms with Gasteiger partial charge in [-0.3, -0.25) is 0 Å². The Morgan fingerprint density at radius 1 is 1.47 bits per heavy atom. The summed E-state index contributed by atoms with van der Waals surface area (Å²) in [5.41, 5.74) is 1.35. The Balaban J connectivity index is 2.87. The Morgan fingerprint density at radius 2 is 2.18 bits per heavy atom. The number of thiazole rings is 1. The van der Waals surface area contributed by atoms with Crippen molar-refractivity contribution in [3.8, 4) is 0 Å². The molecule has 1 rings (SSSR count). The van der Waals surface area contributed by atoms with Crippen LogP contribution in [0.5, 0.6) is 0 Å². The van der Waals surface area contributed by atoms with Crippen LogP contribution in [0.15, 0.2) is 5.57 Å². The molecule has 0 saturated heterocycles. The van der Waals surface area contributed by atoms with Crippen molar-refractivity contribution in [3.63, 3.8) is 0 Å². The number of likely N-dealkylation sites (N-methyl/N-ethyl adjacent to an activating group) is 1. The molecule has 0 aliphatic rings. The van der Waals surface area contributed by atoms with Crippen LogP contribution in [0.1, 0.15) is 25.1 Å². The molecule has 1 heterocycles. The van der Waals surface area contributed by atoms with Crippen LogP contribution in [0.25, 0.3) is 6.08 Å². The highest BCUT2D eigenvalue weighted by atomic mass is 35.5. The van der Waals surface area contributed by atoms with Crippen LogP contribution in [0.4, 0.5) is 5.13 Å². The van der Waals surface area contributed by atoms with Crippen LogP contribution in [0, 0.1) is 0 Å². The van der Waals surface area contributed by atoms with E-state index < -0.39 is 0 Å². The van der Waals surface area contributed by atoms with Gasteiger partial charge in [-0.2, -0.15) is 0 Å². The van der Waals surface area contributed by atoms with Gasteiger partial charge in [0.1, 0.15) is 5.15 Å². The fourth-order valence-electron chi connectivity index (χ4n) is 1.33. The number of nitrogens with zero attached hydrogens (tertiary/aromatic N) is 2. The number of hydrogen-bond acceptors (Lipinski definition) is 4. The Hall–Kier alpha value is -0.580. The van der Waals surface area contributed by atoms with Gasteiger partial charge >= 0.3 is 0 Å². The van der Waals surface area contributed by atoms with Crippen molar-refractivity contribution >= 4 is 34.1 Å². The standard InChI is InChI=1S/C12H20ClN3S/c1-5-9(8-14-6-2)7-10-11(13)15-12(17-10)16(3)4/h7,14H,5-6,8H2,1-4H3. The van der Waals surface area contributed by atoms with Gasteiger partial charge in [0.25, 0.3) is 0 Å². The van der Waals surface area contributed by atoms with E-state index in [-0.39, 0.29) is 0 Å². The Labute approximate surface area is 112 Å². The van der Waals surface area contributed by atoms with Crippen LogP contribution in [0.2, 0.25) is 5.15 Å². The van der Waals surface area contributed by atoms with E-state index in [0.717, 1.165) is 29.5 Å². The molecule has 0 aliphatic carbocycles. The fraction of sp³-hybridized carbons (Fsp3) is 0.583. The molecule has 0 spiro atoms. The monoisotopic (exact) mass is 273 g/mol. The topological polar surface area (TPSA) is 28.2 Å². The Bertz CT molecular complexity index is 385. The third kappa shape index (κ3) is 4.30. The van der Waals surface area contributed by atoms with Crippen molar-refractivity contribution in [3.05, 3.63) is 15.6 Å². The molecule has 0 saturated carbocycles. The van der Waals surface area contributed by atoms with Gasteiger partial charge < -0.3 is 10.2 Å². The molecule has 96 valence electrons. The van der Waals surface area contributed by atoms with Gasteiger partial charge in [0, 0.05) is 20.6 Å². The summed E-state index contributed by atoms with van der Waals surface area (Å²) in [7, 11) is 3.95. The van der Waals surface area contributed by atoms with Crippen LogP contribution in [0.3, 0.4) is 0 Å². The second kappa shape index (κ2) is 6.99. The Morgan fingerprint density at radius 3 is 2.65 bits per heavy atom. The molecule has 0 atom stereocenters. The van der Waals surface area contributed by atoms with Gasteiger partial charge in [0.15, 0.2) is 5.13 Å². The molecule has 0 unspecified atom stereocenters. The zero-order valence-electron chi connectivity index (χ0n) is 10.9. The van der Waals surface area contributed by atoms with Gasteiger partial charge in [0.05, 0.1) is 4.88 Å². The van der Waals surface area contributed by atoms with Crippen LogP contribution in [-0.4, -0.2) is 32.2 Å². The van der Waals surface area contributed by atoms with Gasteiger partial charge in [-0.25, -0.2) is 4.98 Å². The quantitative estimate of drug-likeness (QED) is 0.862. The zero-order valence-corrected chi connectivity index (χ0v) is 12.5. The summed E-state index contributed by atoms with van der Waals surface area (Å²) in [5, 5.41) is 4.87. The number of aromatic nitrogens is 1. The van der Waals surface area contributed by atoms with Crippen LogP contribution < -0.4 is 10.2 Å². The third-order valence-electron chi connectivity index (χ3n) is 2.37. The summed E-state index contributed by atoms with van der Waals surface area (Å²) in [6.07, 6.45) is 3.17. The minimum absolute atomic E-state index is 0.598. The molecular weight excluding hydrogens is 254 g/mol. The third-order valence-corrected chi connectivity index (χ3v) is 3.94. The summed E-state index contributed by atoms with van der Waals surface area (Å²) < 4.78 is 0. The molecule has 5 heteroatoms. The molecule has 0 bridgehead atoms. The van der Waals surface area contributed by atoms with Crippen LogP contribution >= 0.6 is 22.9 Å². The molecule has 0 fully saturated rings. The zero-order chi connectivity index (χ0) is 12.8. The molecule has 1 N–H and O–H groups in total. The maximum Gasteiger partial charge on any atom is 0.186 e. The molecule has 0 radical (unpaired) electrons. The second-order valence-corrected chi connectivity index (χ2v) is 5.35. The average molecular weight is 274 g/mol. The van der Waals surface area contributed by atoms with Crippen molar-refractivity contribution in [2.24, 2.45) is 0 Å². The maximum absolute atomic E-state index is 6.13. The molecule has 17 heavy (non-hydrogen) atoms. The van der Waals surface area contributed by atoms with E-state index in [0.29, 0.717) is 5.15 Å². The van der Waals surface area contributed by atoms with Gasteiger partial charge in [-0.15, -0.1) is 0 Å². The van der Waals surface area contributed by atoms with Crippen molar-refractivity contribution in [2.45, 2.75) is 20.3 Å². The second-order valence-electron chi connectivity index (χ2n) is 3.98. The van der Waals surface area contributed by atoms with E-state index >= 15 is 0 Å². The lowest BCUT2D eigenvalue weighted by molar-refractivity contribution is 0.762. The smallest absolute Gasteiger partial charge is 0.186 e. The highest BCUT2D eigenvalue weighted by molar-refractivity contribution is 7.17. The van der Waals surface area contributed by atoms with Crippen molar-refractivity contribution in [1.82, 2.24) is 10.3 Å². The SMILES string of the molecule is CCNCC(=Cc1sc(N(C)C)nc1Cl)CC. The molecule has 3 nitrogen and oxygen atoms in total. The highest BCUT2D eigenvalue weighted by Crippen LogP contribution is 2.30. The first kappa shape index (κ1) is 14.5. The fourth-order valence-corrected chi connectivity index (χ4v) is 2.50. The van der Waals surface area contributed by atoms with E-state index in [4.69, 9.17) is 11.6 Å². The van der Waals surface area contributed by atoms with Crippen molar-refractivity contribution in [1.29, 1.82) is 0 Å². The molecule has 0 aliphatic heterocycles. The summed E-state index contributed by atoms with van der Waals surface area (Å²) in [6, 6.07) is 0. The van der Waals surface area contributed by atoms with E-state index in [9.17, 15) is 0 Å². The summed E-state index contributed by atoms with van der Waals surface area (Å²) in [4.78, 5) is 7.35. The van der Waals surface area contributed by atoms with Crippen molar-refractivity contribution < 1.29 is 0 Å². The summed E-state index contributed by atoms with van der Waals surface area (Å²) >= 11 is 7.76. The minimum atomic E-state index is 0.598. The number of hydrogen-bond donors (Lipinski definition) is 1. The van der Waals surface area contributed by atoms with Crippen LogP contribution in [-0.2, 0) is 0 Å². The predicted molar refractivity (Wildman–Crippen MR) is 78.3 cm³/mol. The first-order valence-electron chi connectivity index (χ1n) is 5.82.